The van der Waals surface area contributed by atoms with Crippen molar-refractivity contribution < 1.29 is 27.5 Å². The molecule has 0 atom stereocenters. The molecule has 11 heteroatoms. The van der Waals surface area contributed by atoms with E-state index in [0.717, 1.165) is 30.5 Å². The first-order chi connectivity index (χ1) is 19.0. The summed E-state index contributed by atoms with van der Waals surface area (Å²) in [6.45, 7) is 0.760. The van der Waals surface area contributed by atoms with Gasteiger partial charge in [0.1, 0.15) is 12.3 Å². The molecule has 1 aliphatic rings. The summed E-state index contributed by atoms with van der Waals surface area (Å²) in [6.07, 6.45) is -2.23. The number of aromatic nitrogens is 1. The van der Waals surface area contributed by atoms with Crippen molar-refractivity contribution in [3.63, 3.8) is 0 Å². The Balaban J connectivity index is 1.55. The van der Waals surface area contributed by atoms with Crippen LogP contribution >= 0.6 is 0 Å². The number of rotatable bonds is 8. The molecule has 1 saturated heterocycles. The Morgan fingerprint density at radius 2 is 1.88 bits per heavy atom. The molecule has 2 heterocycles. The number of amides is 2. The van der Waals surface area contributed by atoms with Crippen LogP contribution in [0.3, 0.4) is 0 Å². The van der Waals surface area contributed by atoms with Gasteiger partial charge in [0.25, 0.3) is 0 Å². The molecule has 2 amide bonds. The molecule has 8 nitrogen and oxygen atoms in total. The predicted molar refractivity (Wildman–Crippen MR) is 148 cm³/mol. The van der Waals surface area contributed by atoms with Gasteiger partial charge in [0, 0.05) is 17.4 Å². The summed E-state index contributed by atoms with van der Waals surface area (Å²) in [7, 11) is 3.50. The number of nitrogens with two attached hydrogens (primary N) is 1. The van der Waals surface area contributed by atoms with Crippen LogP contribution in [0, 0.1) is 17.8 Å². The van der Waals surface area contributed by atoms with Gasteiger partial charge in [-0.2, -0.15) is 13.2 Å². The molecule has 4 rings (SSSR count). The molecule has 212 valence electrons. The number of fused-ring (bicyclic) bond motifs is 1. The number of carbonyl (C=O) groups excluding carboxylic acids is 2. The van der Waals surface area contributed by atoms with Crippen molar-refractivity contribution in [2.45, 2.75) is 32.0 Å². The molecule has 0 saturated carbocycles. The number of likely N-dealkylation sites (tertiary alicyclic amines) is 1. The Labute approximate surface area is 230 Å². The van der Waals surface area contributed by atoms with Crippen molar-refractivity contribution in [2.24, 2.45) is 11.7 Å². The van der Waals surface area contributed by atoms with E-state index in [1.54, 1.807) is 30.3 Å². The number of methoxy groups -OCH3 is 1. The first-order valence-corrected chi connectivity index (χ1v) is 12.9. The lowest BCUT2D eigenvalue weighted by Crippen LogP contribution is -2.31. The maximum Gasteiger partial charge on any atom is 0.406 e. The smallest absolute Gasteiger partial charge is 0.406 e. The minimum atomic E-state index is -4.47. The second kappa shape index (κ2) is 12.3. The van der Waals surface area contributed by atoms with Gasteiger partial charge in [-0.1, -0.05) is 12.0 Å². The van der Waals surface area contributed by atoms with Gasteiger partial charge in [0.2, 0.25) is 11.8 Å². The highest BCUT2D eigenvalue weighted by Crippen LogP contribution is 2.31. The van der Waals surface area contributed by atoms with Gasteiger partial charge in [-0.3, -0.25) is 9.59 Å². The van der Waals surface area contributed by atoms with E-state index in [0.29, 0.717) is 34.4 Å². The Kier molecular flexibility index (Phi) is 8.90. The van der Waals surface area contributed by atoms with Crippen LogP contribution in [0.5, 0.6) is 5.75 Å². The summed E-state index contributed by atoms with van der Waals surface area (Å²) in [4.78, 5) is 26.4. The molecular formula is C29H32F3N5O3. The fourth-order valence-corrected chi connectivity index (χ4v) is 4.84. The number of carbonyl (C=O) groups is 2. The largest absolute Gasteiger partial charge is 0.495 e. The van der Waals surface area contributed by atoms with Crippen molar-refractivity contribution >= 4 is 34.1 Å². The number of hydrogen-bond donors (Lipinski definition) is 3. The summed E-state index contributed by atoms with van der Waals surface area (Å²) in [6, 6.07) is 11.1. The lowest BCUT2D eigenvalue weighted by Gasteiger charge is -2.28. The maximum atomic E-state index is 13.5. The fraction of sp³-hybridized carbons (Fsp3) is 0.379. The minimum absolute atomic E-state index is 0.0972. The first-order valence-electron chi connectivity index (χ1n) is 12.9. The minimum Gasteiger partial charge on any atom is -0.495 e. The van der Waals surface area contributed by atoms with Crippen LogP contribution in [0.15, 0.2) is 42.5 Å². The van der Waals surface area contributed by atoms with E-state index in [1.807, 2.05) is 0 Å². The topological polar surface area (TPSA) is 102 Å². The zero-order valence-electron chi connectivity index (χ0n) is 22.4. The Morgan fingerprint density at radius 1 is 1.12 bits per heavy atom. The second-order valence-corrected chi connectivity index (χ2v) is 9.90. The molecule has 4 N–H and O–H groups in total. The Hall–Kier alpha value is -4.17. The molecule has 1 aliphatic heterocycles. The Bertz CT molecular complexity index is 1450. The van der Waals surface area contributed by atoms with Crippen molar-refractivity contribution in [3.8, 4) is 17.6 Å². The zero-order valence-corrected chi connectivity index (χ0v) is 22.4. The summed E-state index contributed by atoms with van der Waals surface area (Å²) in [5.74, 6) is 5.60. The molecule has 3 aromatic rings. The average molecular weight is 556 g/mol. The predicted octanol–water partition coefficient (Wildman–Crippen LogP) is 4.45. The highest BCUT2D eigenvalue weighted by Gasteiger charge is 2.30. The zero-order chi connectivity index (χ0) is 28.9. The van der Waals surface area contributed by atoms with Gasteiger partial charge in [0.15, 0.2) is 0 Å². The number of hydrogen-bond acceptors (Lipinski definition) is 5. The van der Waals surface area contributed by atoms with E-state index in [4.69, 9.17) is 10.5 Å². The SMILES string of the molecule is COc1cc(C(N)=O)ccc1NCC#Cc1cc2c(NC(=O)CC3CCN(C)CC3)cccc2n1CC(F)(F)F. The summed E-state index contributed by atoms with van der Waals surface area (Å²) < 4.78 is 46.9. The average Bonchev–Trinajstić information content (AvgIpc) is 3.24. The maximum absolute atomic E-state index is 13.5. The number of halogens is 3. The number of anilines is 2. The number of nitrogens with one attached hydrogen (secondary N) is 2. The quantitative estimate of drug-likeness (QED) is 0.357. The molecule has 0 bridgehead atoms. The van der Waals surface area contributed by atoms with Gasteiger partial charge in [0.05, 0.1) is 36.2 Å². The third-order valence-corrected chi connectivity index (χ3v) is 6.94. The lowest BCUT2D eigenvalue weighted by atomic mass is 9.93. The van der Waals surface area contributed by atoms with Crippen LogP contribution in [0.1, 0.15) is 35.3 Å². The number of alkyl halides is 3. The van der Waals surface area contributed by atoms with Crippen LogP contribution in [0.2, 0.25) is 0 Å². The van der Waals surface area contributed by atoms with Gasteiger partial charge in [-0.25, -0.2) is 0 Å². The van der Waals surface area contributed by atoms with Crippen molar-refractivity contribution in [1.29, 1.82) is 0 Å². The number of benzene rings is 2. The number of piperidine rings is 1. The fourth-order valence-electron chi connectivity index (χ4n) is 4.84. The molecule has 2 aromatic carbocycles. The van der Waals surface area contributed by atoms with Crippen molar-refractivity contribution in [1.82, 2.24) is 9.47 Å². The monoisotopic (exact) mass is 555 g/mol. The van der Waals surface area contributed by atoms with Crippen molar-refractivity contribution in [2.75, 3.05) is 44.4 Å². The van der Waals surface area contributed by atoms with Crippen LogP contribution in [-0.2, 0) is 11.3 Å². The summed E-state index contributed by atoms with van der Waals surface area (Å²) in [5, 5.41) is 6.44. The lowest BCUT2D eigenvalue weighted by molar-refractivity contribution is -0.140. The first kappa shape index (κ1) is 28.8. The van der Waals surface area contributed by atoms with Crippen LogP contribution in [-0.4, -0.2) is 61.2 Å². The summed E-state index contributed by atoms with van der Waals surface area (Å²) >= 11 is 0. The van der Waals surface area contributed by atoms with Gasteiger partial charge >= 0.3 is 6.18 Å². The molecule has 0 spiro atoms. The van der Waals surface area contributed by atoms with Gasteiger partial charge in [-0.05, 0) is 81.2 Å². The molecule has 0 unspecified atom stereocenters. The van der Waals surface area contributed by atoms with E-state index in [-0.39, 0.29) is 29.6 Å². The third-order valence-electron chi connectivity index (χ3n) is 6.94. The van der Waals surface area contributed by atoms with Gasteiger partial charge in [-0.15, -0.1) is 0 Å². The van der Waals surface area contributed by atoms with E-state index >= 15 is 0 Å². The number of nitrogens with zero attached hydrogens (tertiary/aromatic N) is 2. The van der Waals surface area contributed by atoms with Crippen LogP contribution in [0.25, 0.3) is 10.9 Å². The molecular weight excluding hydrogens is 523 g/mol. The normalized spacial score (nSPS) is 14.4. The summed E-state index contributed by atoms with van der Waals surface area (Å²) in [5.41, 5.74) is 7.08. The van der Waals surface area contributed by atoms with E-state index in [9.17, 15) is 22.8 Å². The second-order valence-electron chi connectivity index (χ2n) is 9.90. The highest BCUT2D eigenvalue weighted by atomic mass is 19.4. The van der Waals surface area contributed by atoms with Gasteiger partial charge < -0.3 is 30.6 Å². The van der Waals surface area contributed by atoms with E-state index in [1.165, 1.54) is 19.2 Å². The number of primary amides is 1. The number of ether oxygens (including phenoxy) is 1. The van der Waals surface area contributed by atoms with E-state index in [2.05, 4.69) is 34.4 Å². The molecule has 0 radical (unpaired) electrons. The Morgan fingerprint density at radius 3 is 2.55 bits per heavy atom. The van der Waals surface area contributed by atoms with Crippen LogP contribution in [0.4, 0.5) is 24.5 Å². The third kappa shape index (κ3) is 7.27. The molecule has 0 aliphatic carbocycles. The molecule has 1 fully saturated rings. The highest BCUT2D eigenvalue weighted by molar-refractivity contribution is 6.02. The molecule has 40 heavy (non-hydrogen) atoms. The van der Waals surface area contributed by atoms with E-state index < -0.39 is 18.6 Å². The standard InChI is InChI=1S/C29H32F3N5O3/c1-36-13-10-19(11-14-36)15-27(38)35-23-6-3-7-25-22(23)17-21(37(25)18-29(30,31)32)5-4-12-34-24-9-8-20(28(33)39)16-26(24)40-2/h3,6-9,16-17,19,34H,10-15,18H2,1-2H3,(H2,33,39)(H,35,38). The van der Waals surface area contributed by atoms with Crippen LogP contribution < -0.4 is 21.1 Å². The van der Waals surface area contributed by atoms with Crippen molar-refractivity contribution in [3.05, 3.63) is 53.7 Å². The molecule has 1 aromatic heterocycles.